The van der Waals surface area contributed by atoms with Crippen molar-refractivity contribution in [1.29, 1.82) is 0 Å². The van der Waals surface area contributed by atoms with E-state index in [1.54, 1.807) is 17.9 Å². The monoisotopic (exact) mass is 488 g/mol. The highest BCUT2D eigenvalue weighted by Crippen LogP contribution is 2.33. The first-order chi connectivity index (χ1) is 17.3. The van der Waals surface area contributed by atoms with E-state index in [4.69, 9.17) is 11.3 Å². The van der Waals surface area contributed by atoms with Crippen molar-refractivity contribution in [3.8, 4) is 0 Å². The van der Waals surface area contributed by atoms with E-state index in [9.17, 15) is 14.7 Å². The molecule has 1 aliphatic rings. The zero-order chi connectivity index (χ0) is 25.8. The Labute approximate surface area is 211 Å². The van der Waals surface area contributed by atoms with Crippen LogP contribution in [0.25, 0.3) is 15.9 Å². The Bertz CT molecular complexity index is 1290. The molecule has 36 heavy (non-hydrogen) atoms. The van der Waals surface area contributed by atoms with Gasteiger partial charge in [-0.25, -0.2) is 9.83 Å². The van der Waals surface area contributed by atoms with Crippen molar-refractivity contribution in [1.82, 2.24) is 14.5 Å². The number of likely N-dealkylation sites (tertiary alicyclic amines) is 1. The van der Waals surface area contributed by atoms with Gasteiger partial charge in [0.15, 0.2) is 0 Å². The van der Waals surface area contributed by atoms with E-state index >= 15 is 0 Å². The van der Waals surface area contributed by atoms with Gasteiger partial charge in [0, 0.05) is 43.5 Å². The summed E-state index contributed by atoms with van der Waals surface area (Å²) in [6.07, 6.45) is 4.25. The first kappa shape index (κ1) is 25.4. The van der Waals surface area contributed by atoms with Crippen molar-refractivity contribution in [2.75, 3.05) is 13.2 Å². The SMILES string of the molecule is [C-]#[N+]c1cnc2c(c1)c(C(=O)N1CC[C@H](C(=O)O)[C@H]1C)c(CCCCO[C@@H](C)c1ccccc1)n2C. The van der Waals surface area contributed by atoms with Crippen LogP contribution in [0.4, 0.5) is 5.69 Å². The van der Waals surface area contributed by atoms with Gasteiger partial charge in [0.1, 0.15) is 5.65 Å². The van der Waals surface area contributed by atoms with Gasteiger partial charge in [-0.15, -0.1) is 0 Å². The number of unbranched alkanes of at least 4 members (excludes halogenated alkanes) is 1. The quantitative estimate of drug-likeness (QED) is 0.332. The van der Waals surface area contributed by atoms with E-state index < -0.39 is 17.9 Å². The van der Waals surface area contributed by atoms with Crippen molar-refractivity contribution in [2.45, 2.75) is 51.7 Å². The lowest BCUT2D eigenvalue weighted by molar-refractivity contribution is -0.142. The summed E-state index contributed by atoms with van der Waals surface area (Å²) < 4.78 is 7.94. The maximum Gasteiger partial charge on any atom is 0.308 e. The predicted octanol–water partition coefficient (Wildman–Crippen LogP) is 5.16. The lowest BCUT2D eigenvalue weighted by Crippen LogP contribution is -2.38. The van der Waals surface area contributed by atoms with Crippen LogP contribution in [-0.2, 0) is 23.0 Å². The highest BCUT2D eigenvalue weighted by molar-refractivity contribution is 6.08. The first-order valence-corrected chi connectivity index (χ1v) is 12.4. The smallest absolute Gasteiger partial charge is 0.308 e. The number of aliphatic carboxylic acids is 1. The molecule has 1 aromatic carbocycles. The summed E-state index contributed by atoms with van der Waals surface area (Å²) in [5.41, 5.74) is 3.54. The van der Waals surface area contributed by atoms with Gasteiger partial charge in [0.05, 0.1) is 24.2 Å². The first-order valence-electron chi connectivity index (χ1n) is 12.4. The summed E-state index contributed by atoms with van der Waals surface area (Å²) in [4.78, 5) is 35.0. The van der Waals surface area contributed by atoms with Crippen molar-refractivity contribution in [3.63, 3.8) is 0 Å². The lowest BCUT2D eigenvalue weighted by atomic mass is 10.0. The third kappa shape index (κ3) is 4.98. The van der Waals surface area contributed by atoms with Gasteiger partial charge < -0.3 is 19.3 Å². The van der Waals surface area contributed by atoms with Gasteiger partial charge in [-0.3, -0.25) is 9.59 Å². The molecule has 8 nitrogen and oxygen atoms in total. The number of nitrogens with zero attached hydrogens (tertiary/aromatic N) is 4. The molecule has 0 aliphatic carbocycles. The lowest BCUT2D eigenvalue weighted by Gasteiger charge is -2.24. The fourth-order valence-corrected chi connectivity index (χ4v) is 5.12. The van der Waals surface area contributed by atoms with Crippen LogP contribution in [0.5, 0.6) is 0 Å². The largest absolute Gasteiger partial charge is 0.481 e. The molecule has 3 atom stereocenters. The number of amides is 1. The van der Waals surface area contributed by atoms with Gasteiger partial charge in [-0.2, -0.15) is 0 Å². The summed E-state index contributed by atoms with van der Waals surface area (Å²) >= 11 is 0. The number of benzene rings is 1. The van der Waals surface area contributed by atoms with E-state index in [1.165, 1.54) is 6.20 Å². The minimum atomic E-state index is -0.877. The zero-order valence-electron chi connectivity index (χ0n) is 21.0. The number of aromatic nitrogens is 2. The molecule has 0 spiro atoms. The van der Waals surface area contributed by atoms with Gasteiger partial charge in [-0.1, -0.05) is 30.3 Å². The number of hydrogen-bond acceptors (Lipinski definition) is 4. The number of fused-ring (bicyclic) bond motifs is 1. The second-order valence-electron chi connectivity index (χ2n) is 9.41. The topological polar surface area (TPSA) is 89.0 Å². The van der Waals surface area contributed by atoms with E-state index in [1.807, 2.05) is 36.7 Å². The summed E-state index contributed by atoms with van der Waals surface area (Å²) in [5.74, 6) is -1.64. The Hall–Kier alpha value is -3.70. The van der Waals surface area contributed by atoms with Crippen LogP contribution in [0.3, 0.4) is 0 Å². The summed E-state index contributed by atoms with van der Waals surface area (Å²) in [6, 6.07) is 11.4. The van der Waals surface area contributed by atoms with Gasteiger partial charge in [0.25, 0.3) is 5.91 Å². The molecule has 4 rings (SSSR count). The number of hydrogen-bond donors (Lipinski definition) is 1. The molecule has 8 heteroatoms. The average Bonchev–Trinajstić information content (AvgIpc) is 3.40. The molecule has 2 aromatic heterocycles. The van der Waals surface area contributed by atoms with Crippen LogP contribution in [0.15, 0.2) is 42.6 Å². The predicted molar refractivity (Wildman–Crippen MR) is 137 cm³/mol. The van der Waals surface area contributed by atoms with Gasteiger partial charge >= 0.3 is 5.97 Å². The number of carboxylic acid groups (broad SMARTS) is 1. The third-order valence-corrected chi connectivity index (χ3v) is 7.25. The van der Waals surface area contributed by atoms with E-state index in [0.29, 0.717) is 48.3 Å². The van der Waals surface area contributed by atoms with Crippen LogP contribution in [0, 0.1) is 12.5 Å². The standard InChI is InChI=1S/C28H32N4O4/c1-18-22(28(34)35)13-14-32(18)27(33)25-23-16-21(29-3)17-30-26(23)31(4)24(25)12-8-9-15-36-19(2)20-10-6-5-7-11-20/h5-7,10-11,16-19,22H,8-9,12-15H2,1-2,4H3,(H,34,35)/t18-,19+,22+/m1/s1. The molecular weight excluding hydrogens is 456 g/mol. The molecule has 1 amide bonds. The molecule has 3 aromatic rings. The molecule has 1 aliphatic heterocycles. The average molecular weight is 489 g/mol. The number of pyridine rings is 1. The molecule has 0 bridgehead atoms. The van der Waals surface area contributed by atoms with Crippen molar-refractivity contribution in [3.05, 3.63) is 70.8 Å². The Balaban J connectivity index is 1.53. The Kier molecular flexibility index (Phi) is 7.70. The summed E-state index contributed by atoms with van der Waals surface area (Å²) in [5, 5.41) is 10.2. The minimum Gasteiger partial charge on any atom is -0.481 e. The van der Waals surface area contributed by atoms with E-state index in [2.05, 4.69) is 22.0 Å². The van der Waals surface area contributed by atoms with Crippen molar-refractivity contribution >= 4 is 28.6 Å². The molecule has 188 valence electrons. The minimum absolute atomic E-state index is 0.0102. The summed E-state index contributed by atoms with van der Waals surface area (Å²) in [7, 11) is 1.89. The number of carbonyl (C=O) groups excluding carboxylic acids is 1. The molecule has 0 unspecified atom stereocenters. The Morgan fingerprint density at radius 2 is 2.03 bits per heavy atom. The van der Waals surface area contributed by atoms with Gasteiger partial charge in [-0.05, 0) is 51.2 Å². The van der Waals surface area contributed by atoms with Crippen molar-refractivity contribution < 1.29 is 19.4 Å². The highest BCUT2D eigenvalue weighted by Gasteiger charge is 2.40. The van der Waals surface area contributed by atoms with Crippen LogP contribution in [0.2, 0.25) is 0 Å². The second kappa shape index (κ2) is 10.9. The van der Waals surface area contributed by atoms with Crippen LogP contribution >= 0.6 is 0 Å². The Morgan fingerprint density at radius 3 is 2.69 bits per heavy atom. The maximum atomic E-state index is 13.8. The maximum absolute atomic E-state index is 13.8. The van der Waals surface area contributed by atoms with Crippen molar-refractivity contribution in [2.24, 2.45) is 13.0 Å². The fourth-order valence-electron chi connectivity index (χ4n) is 5.12. The molecule has 1 N–H and O–H groups in total. The fraction of sp³-hybridized carbons (Fsp3) is 0.429. The van der Waals surface area contributed by atoms with Crippen LogP contribution in [0.1, 0.15) is 60.8 Å². The number of carboxylic acids is 1. The van der Waals surface area contributed by atoms with E-state index in [0.717, 1.165) is 24.1 Å². The zero-order valence-corrected chi connectivity index (χ0v) is 21.0. The number of carbonyl (C=O) groups is 2. The molecule has 3 heterocycles. The number of ether oxygens (including phenoxy) is 1. The van der Waals surface area contributed by atoms with Crippen LogP contribution < -0.4 is 0 Å². The van der Waals surface area contributed by atoms with Crippen LogP contribution in [-0.4, -0.2) is 50.6 Å². The molecule has 1 fully saturated rings. The number of aryl methyl sites for hydroxylation is 1. The molecular formula is C28H32N4O4. The number of rotatable bonds is 9. The molecule has 0 radical (unpaired) electrons. The Morgan fingerprint density at radius 1 is 1.28 bits per heavy atom. The highest BCUT2D eigenvalue weighted by atomic mass is 16.5. The molecule has 0 saturated carbocycles. The van der Waals surface area contributed by atoms with E-state index in [-0.39, 0.29) is 12.0 Å². The normalized spacial score (nSPS) is 18.3. The summed E-state index contributed by atoms with van der Waals surface area (Å²) in [6.45, 7) is 12.2. The molecule has 1 saturated heterocycles. The van der Waals surface area contributed by atoms with Gasteiger partial charge in [0.2, 0.25) is 5.69 Å². The third-order valence-electron chi connectivity index (χ3n) is 7.25. The second-order valence-corrected chi connectivity index (χ2v) is 9.41.